The highest BCUT2D eigenvalue weighted by Gasteiger charge is 2.36. The number of ketones is 1. The number of hydrogen-bond acceptors (Lipinski definition) is 23. The molecule has 7 aromatic heterocycles. The molecule has 0 saturated heterocycles. The van der Waals surface area contributed by atoms with Gasteiger partial charge in [0.25, 0.3) is 11.8 Å². The molecule has 10 rings (SSSR count). The molecule has 0 spiro atoms. The molecule has 4 atom stereocenters. The number of aliphatic hydroxyl groups is 1. The molecule has 1 saturated carbocycles. The zero-order chi connectivity index (χ0) is 62.5. The third kappa shape index (κ3) is 14.1. The van der Waals surface area contributed by atoms with Gasteiger partial charge in [0.05, 0.1) is 47.1 Å². The molecule has 2 aliphatic rings. The van der Waals surface area contributed by atoms with Gasteiger partial charge in [-0.15, -0.1) is 68.0 Å². The van der Waals surface area contributed by atoms with Crippen LogP contribution >= 0.6 is 68.0 Å². The van der Waals surface area contributed by atoms with Gasteiger partial charge in [0, 0.05) is 64.4 Å². The third-order valence-electron chi connectivity index (χ3n) is 14.9. The Morgan fingerprint density at radius 1 is 0.716 bits per heavy atom. The van der Waals surface area contributed by atoms with Crippen LogP contribution in [0.3, 0.4) is 0 Å². The van der Waals surface area contributed by atoms with E-state index in [9.17, 15) is 53.7 Å². The number of aliphatic hydroxyl groups excluding tert-OH is 1. The number of benzene rings is 1. The second kappa shape index (κ2) is 27.6. The third-order valence-corrected chi connectivity index (χ3v) is 20.6. The van der Waals surface area contributed by atoms with Gasteiger partial charge >= 0.3 is 11.9 Å². The largest absolute Gasteiger partial charge is 0.481 e. The van der Waals surface area contributed by atoms with Gasteiger partial charge in [-0.2, -0.15) is 0 Å². The molecule has 1 aliphatic heterocycles. The quantitative estimate of drug-likeness (QED) is 0.0568. The molecular weight excluding hydrogens is 1250 g/mol. The van der Waals surface area contributed by atoms with E-state index >= 15 is 0 Å². The lowest BCUT2D eigenvalue weighted by Crippen LogP contribution is -2.41. The Hall–Kier alpha value is -7.97. The molecule has 1 fully saturated rings. The van der Waals surface area contributed by atoms with Crippen molar-refractivity contribution >= 4 is 121 Å². The Kier molecular flexibility index (Phi) is 19.8. The average Bonchev–Trinajstić information content (AvgIpc) is 2.82. The topological polar surface area (TPSA) is 348 Å². The van der Waals surface area contributed by atoms with E-state index in [0.717, 1.165) is 50.2 Å². The number of pyridine rings is 1. The monoisotopic (exact) mass is 1310 g/mol. The fourth-order valence-electron chi connectivity index (χ4n) is 10.2. The van der Waals surface area contributed by atoms with Crippen molar-refractivity contribution in [3.05, 3.63) is 111 Å². The molecule has 458 valence electrons. The number of carbonyl (C=O) groups is 8. The molecule has 88 heavy (non-hydrogen) atoms. The summed E-state index contributed by atoms with van der Waals surface area (Å²) < 4.78 is 5.47. The number of fused-ring (bicyclic) bond motifs is 14. The van der Waals surface area contributed by atoms with Crippen molar-refractivity contribution in [2.75, 3.05) is 32.1 Å². The number of rotatable bonds is 13. The van der Waals surface area contributed by atoms with Gasteiger partial charge in [0.1, 0.15) is 83.7 Å². The molecule has 7 N–H and O–H groups in total. The molecule has 5 amide bonds. The van der Waals surface area contributed by atoms with Crippen LogP contribution in [0, 0.1) is 24.7 Å². The summed E-state index contributed by atoms with van der Waals surface area (Å²) in [6.07, 6.45) is -0.483. The number of amides is 5. The molecule has 1 unspecified atom stereocenters. The lowest BCUT2D eigenvalue weighted by molar-refractivity contribution is -0.144. The van der Waals surface area contributed by atoms with Gasteiger partial charge in [-0.25, -0.2) is 34.9 Å². The molecule has 10 bridgehead atoms. The molecule has 24 nitrogen and oxygen atoms in total. The number of carbonyl (C=O) groups excluding carboxylic acids is 6. The van der Waals surface area contributed by atoms with Crippen LogP contribution in [0.25, 0.3) is 43.4 Å². The van der Waals surface area contributed by atoms with Gasteiger partial charge in [0.2, 0.25) is 17.7 Å². The molecule has 8 heterocycles. The van der Waals surface area contributed by atoms with E-state index in [1.165, 1.54) is 36.8 Å². The summed E-state index contributed by atoms with van der Waals surface area (Å²) in [5.41, 5.74) is 2.41. The summed E-state index contributed by atoms with van der Waals surface area (Å²) in [4.78, 5) is 144. The highest BCUT2D eigenvalue weighted by molar-refractivity contribution is 7.15. The summed E-state index contributed by atoms with van der Waals surface area (Å²) in [6, 6.07) is 9.98. The minimum Gasteiger partial charge on any atom is -0.481 e. The first-order valence-electron chi connectivity index (χ1n) is 27.7. The predicted molar refractivity (Wildman–Crippen MR) is 331 cm³/mol. The van der Waals surface area contributed by atoms with Crippen LogP contribution in [-0.4, -0.2) is 125 Å². The number of aryl methyl sites for hydroxylation is 1. The van der Waals surface area contributed by atoms with E-state index in [1.54, 1.807) is 70.9 Å². The van der Waals surface area contributed by atoms with Crippen molar-refractivity contribution in [2.45, 2.75) is 90.0 Å². The number of nitrogens with one attached hydrogen (secondary N) is 4. The van der Waals surface area contributed by atoms with E-state index in [1.807, 2.05) is 13.8 Å². The van der Waals surface area contributed by atoms with E-state index < -0.39 is 90.5 Å². The SMILES string of the molecule is CNC(=O)C[C@@H]1NC(=O)c2csc(n2)-c2ccc(-c3nc(N(CC(=O)O)C(=O)C4CCC(C(=O)O)CC4)cs3)nc2-c2csc(n2)-c2csc(n2)[C@H]([C@@H](O)c2ccccc2)NC(=O)CNC(=O)c2nc(sc2COC)C(C(C)C)CC(=O)c2nc1sc2C. The van der Waals surface area contributed by atoms with Gasteiger partial charge < -0.3 is 41.3 Å². The number of aliphatic carboxylic acids is 2. The van der Waals surface area contributed by atoms with Crippen molar-refractivity contribution in [2.24, 2.45) is 17.8 Å². The lowest BCUT2D eigenvalue weighted by atomic mass is 9.81. The number of aromatic nitrogens is 7. The van der Waals surface area contributed by atoms with E-state index in [-0.39, 0.29) is 85.4 Å². The number of thiazole rings is 6. The number of nitrogens with zero attached hydrogens (tertiary/aromatic N) is 8. The molecule has 1 aromatic carbocycles. The Morgan fingerprint density at radius 3 is 2.11 bits per heavy atom. The van der Waals surface area contributed by atoms with Gasteiger partial charge in [-0.3, -0.25) is 43.3 Å². The van der Waals surface area contributed by atoms with Gasteiger partial charge in [0.15, 0.2) is 5.78 Å². The van der Waals surface area contributed by atoms with Gasteiger partial charge in [-0.1, -0.05) is 44.2 Å². The standard InChI is InChI=1S/C58H58N12O12S6/c1-26(2)32-17-38(71)44-27(3)87-55(68-44)34(18-41(72)59-4)62-49(77)36-23-83-51(64-36)31-15-16-33(53-66-40(25-86-53)70(20-43(74)75)57(79)29-11-13-30(14-12-29)58(80)81)61-45(31)35-22-84-54(63-35)37-24-85-56(65-37)47(48(76)28-9-7-6-8-10-28)67-42(73)19-60-50(78)46-39(21-82-5)88-52(32)69-46/h6-10,15-16,22-26,29-30,32,34,47-48,76H,11-14,17-21H2,1-5H3,(H,59,72)(H,60,78)(H,62,77)(H,67,73)(H,74,75)(H,80,81)/t29?,30?,32?,34-,47-,48-/m0/s1. The Labute approximate surface area is 527 Å². The maximum atomic E-state index is 14.4. The fraction of sp³-hybridized carbons (Fsp3) is 0.362. The molecule has 8 aromatic rings. The predicted octanol–water partition coefficient (Wildman–Crippen LogP) is 8.51. The molecule has 30 heteroatoms. The number of anilines is 1. The highest BCUT2D eigenvalue weighted by Crippen LogP contribution is 2.41. The Bertz CT molecular complexity index is 3940. The number of carboxylic acid groups (broad SMARTS) is 2. The van der Waals surface area contributed by atoms with E-state index in [4.69, 9.17) is 39.6 Å². The zero-order valence-electron chi connectivity index (χ0n) is 47.8. The van der Waals surface area contributed by atoms with Crippen LogP contribution < -0.4 is 26.2 Å². The lowest BCUT2D eigenvalue weighted by Gasteiger charge is -2.29. The first kappa shape index (κ1) is 63.1. The maximum absolute atomic E-state index is 14.4. The summed E-state index contributed by atoms with van der Waals surface area (Å²) in [7, 11) is 2.94. The van der Waals surface area contributed by atoms with Crippen LogP contribution in [-0.2, 0) is 35.3 Å². The summed E-state index contributed by atoms with van der Waals surface area (Å²) in [5.74, 6) is -7.15. The smallest absolute Gasteiger partial charge is 0.323 e. The zero-order valence-corrected chi connectivity index (χ0v) is 52.7. The first-order chi connectivity index (χ1) is 42.3. The second-order valence-corrected chi connectivity index (χ2v) is 26.9. The maximum Gasteiger partial charge on any atom is 0.323 e. The van der Waals surface area contributed by atoms with Crippen LogP contribution in [0.1, 0.15) is 138 Å². The summed E-state index contributed by atoms with van der Waals surface area (Å²) in [6.45, 7) is 4.40. The molecular formula is C58H58N12O12S6. The van der Waals surface area contributed by atoms with Crippen LogP contribution in [0.4, 0.5) is 5.82 Å². The Balaban J connectivity index is 1.05. The van der Waals surface area contributed by atoms with Crippen molar-refractivity contribution < 1.29 is 58.4 Å². The Morgan fingerprint density at radius 2 is 1.40 bits per heavy atom. The normalized spacial score (nSPS) is 18.8. The number of Topliss-reactive ketones (excluding diaryl/α,β-unsaturated/α-hetero) is 1. The van der Waals surface area contributed by atoms with Crippen molar-refractivity contribution in [3.63, 3.8) is 0 Å². The highest BCUT2D eigenvalue weighted by atomic mass is 32.1. The van der Waals surface area contributed by atoms with Crippen molar-refractivity contribution in [1.29, 1.82) is 0 Å². The fourth-order valence-corrected chi connectivity index (χ4v) is 15.8. The van der Waals surface area contributed by atoms with Crippen LogP contribution in [0.15, 0.2) is 64.0 Å². The average molecular weight is 1310 g/mol. The summed E-state index contributed by atoms with van der Waals surface area (Å²) >= 11 is 7.02. The van der Waals surface area contributed by atoms with Crippen LogP contribution in [0.2, 0.25) is 0 Å². The van der Waals surface area contributed by atoms with E-state index in [2.05, 4.69) is 21.3 Å². The molecule has 1 aliphatic carbocycles. The number of carboxylic acids is 2. The second-order valence-electron chi connectivity index (χ2n) is 21.1. The molecule has 0 radical (unpaired) electrons. The number of methoxy groups -OCH3 is 1. The van der Waals surface area contributed by atoms with E-state index in [0.29, 0.717) is 68.0 Å². The van der Waals surface area contributed by atoms with Crippen molar-refractivity contribution in [1.82, 2.24) is 56.2 Å². The summed E-state index contributed by atoms with van der Waals surface area (Å²) in [5, 5.41) is 51.3. The number of hydrogen-bond donors (Lipinski definition) is 7. The van der Waals surface area contributed by atoms with Gasteiger partial charge in [-0.05, 0) is 56.2 Å². The minimum absolute atomic E-state index is 0.00732. The number of ether oxygens (including phenoxy) is 1. The van der Waals surface area contributed by atoms with Crippen LogP contribution in [0.5, 0.6) is 0 Å². The van der Waals surface area contributed by atoms with Crippen molar-refractivity contribution in [3.8, 4) is 43.4 Å². The minimum atomic E-state index is -1.30. The first-order valence-corrected chi connectivity index (χ1v) is 32.8.